The van der Waals surface area contributed by atoms with Crippen molar-refractivity contribution >= 4 is 29.1 Å². The number of aliphatic hydroxyl groups is 1. The summed E-state index contributed by atoms with van der Waals surface area (Å²) in [5.41, 5.74) is 1.18. The number of halogens is 1. The molecular weight excluding hydrogens is 478 g/mol. The second-order valence-corrected chi connectivity index (χ2v) is 9.69. The van der Waals surface area contributed by atoms with Crippen LogP contribution < -0.4 is 4.74 Å². The van der Waals surface area contributed by atoms with E-state index in [4.69, 9.17) is 16.3 Å². The lowest BCUT2D eigenvalue weighted by molar-refractivity contribution is -0.139. The highest BCUT2D eigenvalue weighted by molar-refractivity contribution is 6.46. The second kappa shape index (κ2) is 11.4. The molecule has 1 unspecified atom stereocenters. The normalized spacial score (nSPS) is 17.2. The van der Waals surface area contributed by atoms with E-state index < -0.39 is 17.7 Å². The molecule has 8 heteroatoms. The quantitative estimate of drug-likeness (QED) is 0.223. The lowest BCUT2D eigenvalue weighted by Crippen LogP contribution is -2.31. The summed E-state index contributed by atoms with van der Waals surface area (Å²) in [6.45, 7) is 5.81. The summed E-state index contributed by atoms with van der Waals surface area (Å²) in [6.07, 6.45) is 6.79. The molecule has 36 heavy (non-hydrogen) atoms. The van der Waals surface area contributed by atoms with Crippen LogP contribution in [0.15, 0.2) is 72.8 Å². The summed E-state index contributed by atoms with van der Waals surface area (Å²) < 4.78 is 7.86. The Hall–Kier alpha value is -3.58. The fraction of sp³-hybridized carbons (Fsp3) is 0.321. The van der Waals surface area contributed by atoms with Gasteiger partial charge >= 0.3 is 0 Å². The highest BCUT2D eigenvalue weighted by atomic mass is 35.5. The highest BCUT2D eigenvalue weighted by Gasteiger charge is 2.45. The van der Waals surface area contributed by atoms with Crippen molar-refractivity contribution < 1.29 is 19.4 Å². The Labute approximate surface area is 216 Å². The van der Waals surface area contributed by atoms with E-state index >= 15 is 0 Å². The van der Waals surface area contributed by atoms with Crippen molar-refractivity contribution in [2.75, 3.05) is 13.2 Å². The Morgan fingerprint density at radius 2 is 1.92 bits per heavy atom. The Morgan fingerprint density at radius 1 is 1.14 bits per heavy atom. The van der Waals surface area contributed by atoms with E-state index in [0.717, 1.165) is 6.42 Å². The van der Waals surface area contributed by atoms with Crippen molar-refractivity contribution in [3.63, 3.8) is 0 Å². The third kappa shape index (κ3) is 5.79. The van der Waals surface area contributed by atoms with Crippen molar-refractivity contribution in [1.29, 1.82) is 0 Å². The maximum Gasteiger partial charge on any atom is 0.295 e. The monoisotopic (exact) mass is 507 g/mol. The van der Waals surface area contributed by atoms with Gasteiger partial charge in [-0.05, 0) is 60.7 Å². The predicted molar refractivity (Wildman–Crippen MR) is 139 cm³/mol. The summed E-state index contributed by atoms with van der Waals surface area (Å²) in [7, 11) is 0. The Balaban J connectivity index is 1.69. The average Bonchev–Trinajstić information content (AvgIpc) is 3.46. The maximum atomic E-state index is 13.2. The van der Waals surface area contributed by atoms with Crippen molar-refractivity contribution in [3.8, 4) is 5.75 Å². The van der Waals surface area contributed by atoms with Gasteiger partial charge in [0.2, 0.25) is 0 Å². The molecule has 1 N–H and O–H groups in total. The van der Waals surface area contributed by atoms with Gasteiger partial charge in [-0.2, -0.15) is 0 Å². The van der Waals surface area contributed by atoms with E-state index in [1.165, 1.54) is 4.90 Å². The van der Waals surface area contributed by atoms with Gasteiger partial charge in [-0.1, -0.05) is 37.6 Å². The van der Waals surface area contributed by atoms with Crippen LogP contribution in [0.4, 0.5) is 0 Å². The van der Waals surface area contributed by atoms with Gasteiger partial charge in [0.25, 0.3) is 11.7 Å². The van der Waals surface area contributed by atoms with Crippen molar-refractivity contribution in [2.45, 2.75) is 39.3 Å². The third-order valence-electron chi connectivity index (χ3n) is 6.17. The molecule has 1 atom stereocenters. The van der Waals surface area contributed by atoms with Gasteiger partial charge in [-0.25, -0.2) is 4.98 Å². The molecule has 1 amide bonds. The maximum absolute atomic E-state index is 13.2. The van der Waals surface area contributed by atoms with Crippen molar-refractivity contribution in [1.82, 2.24) is 14.5 Å². The molecular formula is C28H30ClN3O4. The summed E-state index contributed by atoms with van der Waals surface area (Å²) in [5.74, 6) is -0.398. The fourth-order valence-electron chi connectivity index (χ4n) is 4.25. The first-order chi connectivity index (χ1) is 17.3. The summed E-state index contributed by atoms with van der Waals surface area (Å²) >= 11 is 6.01. The summed E-state index contributed by atoms with van der Waals surface area (Å²) in [4.78, 5) is 32.0. The number of ether oxygens (including phenoxy) is 1. The van der Waals surface area contributed by atoms with Crippen LogP contribution in [0, 0.1) is 5.92 Å². The zero-order chi connectivity index (χ0) is 25.7. The van der Waals surface area contributed by atoms with Gasteiger partial charge in [0.15, 0.2) is 0 Å². The van der Waals surface area contributed by atoms with Crippen LogP contribution in [-0.2, 0) is 16.1 Å². The van der Waals surface area contributed by atoms with Crippen LogP contribution in [0.2, 0.25) is 5.02 Å². The number of imidazole rings is 1. The van der Waals surface area contributed by atoms with Crippen LogP contribution in [0.1, 0.15) is 43.9 Å². The minimum Gasteiger partial charge on any atom is -0.507 e. The van der Waals surface area contributed by atoms with Crippen LogP contribution in [0.5, 0.6) is 5.75 Å². The van der Waals surface area contributed by atoms with E-state index in [1.54, 1.807) is 36.8 Å². The van der Waals surface area contributed by atoms with E-state index in [-0.39, 0.29) is 11.3 Å². The van der Waals surface area contributed by atoms with Gasteiger partial charge in [0, 0.05) is 36.1 Å². The molecule has 0 saturated carbocycles. The topological polar surface area (TPSA) is 84.7 Å². The molecule has 1 aromatic heterocycles. The van der Waals surface area contributed by atoms with Gasteiger partial charge in [-0.15, -0.1) is 0 Å². The lowest BCUT2D eigenvalue weighted by Gasteiger charge is -2.26. The van der Waals surface area contributed by atoms with E-state index in [1.807, 2.05) is 35.0 Å². The molecule has 4 rings (SSSR count). The number of amides is 1. The molecule has 3 aromatic rings. The number of likely N-dealkylation sites (tertiary alicyclic amines) is 1. The van der Waals surface area contributed by atoms with Crippen molar-refractivity contribution in [3.05, 3.63) is 89.0 Å². The molecule has 0 spiro atoms. The number of rotatable bonds is 10. The molecule has 2 aromatic carbocycles. The average molecular weight is 508 g/mol. The zero-order valence-corrected chi connectivity index (χ0v) is 21.2. The molecule has 1 aliphatic rings. The molecule has 0 radical (unpaired) electrons. The standard InChI is InChI=1S/C28H30ClN3O4/c1-19(2)11-16-36-23-6-3-5-21(17-23)25-24(26(33)20-7-9-22(29)10-8-20)27(34)28(35)32(25)14-4-13-31-15-12-30-18-31/h3,5-10,12,15,17-19,25,33H,4,11,13-14,16H2,1-2H3/b26-24+. The SMILES string of the molecule is CC(C)CCOc1cccc(C2/C(=C(\O)c3ccc(Cl)cc3)C(=O)C(=O)N2CCCn2ccnc2)c1. The predicted octanol–water partition coefficient (Wildman–Crippen LogP) is 5.47. The number of ketones is 1. The van der Waals surface area contributed by atoms with Gasteiger partial charge in [0.1, 0.15) is 11.5 Å². The van der Waals surface area contributed by atoms with Gasteiger partial charge < -0.3 is 19.3 Å². The number of aliphatic hydroxyl groups excluding tert-OH is 1. The first kappa shape index (κ1) is 25.5. The van der Waals surface area contributed by atoms with E-state index in [2.05, 4.69) is 18.8 Å². The van der Waals surface area contributed by atoms with Crippen LogP contribution >= 0.6 is 11.6 Å². The summed E-state index contributed by atoms with van der Waals surface area (Å²) in [5, 5.41) is 11.7. The largest absolute Gasteiger partial charge is 0.507 e. The van der Waals surface area contributed by atoms with Gasteiger partial charge in [-0.3, -0.25) is 9.59 Å². The Bertz CT molecular complexity index is 1240. The second-order valence-electron chi connectivity index (χ2n) is 9.26. The summed E-state index contributed by atoms with van der Waals surface area (Å²) in [6, 6.07) is 13.2. The zero-order valence-electron chi connectivity index (χ0n) is 20.4. The van der Waals surface area contributed by atoms with Crippen molar-refractivity contribution in [2.24, 2.45) is 5.92 Å². The molecule has 1 saturated heterocycles. The molecule has 2 heterocycles. The number of carbonyl (C=O) groups is 2. The van der Waals surface area contributed by atoms with E-state index in [9.17, 15) is 14.7 Å². The third-order valence-corrected chi connectivity index (χ3v) is 6.42. The molecule has 0 bridgehead atoms. The highest BCUT2D eigenvalue weighted by Crippen LogP contribution is 2.40. The van der Waals surface area contributed by atoms with Crippen LogP contribution in [-0.4, -0.2) is 44.4 Å². The number of carbonyl (C=O) groups excluding carboxylic acids is 2. The van der Waals surface area contributed by atoms with Gasteiger partial charge in [0.05, 0.1) is 24.5 Å². The van der Waals surface area contributed by atoms with Crippen LogP contribution in [0.3, 0.4) is 0 Å². The smallest absolute Gasteiger partial charge is 0.295 e. The number of hydrogen-bond donors (Lipinski definition) is 1. The molecule has 1 fully saturated rings. The lowest BCUT2D eigenvalue weighted by atomic mass is 9.95. The number of benzene rings is 2. The number of aryl methyl sites for hydroxylation is 1. The first-order valence-electron chi connectivity index (χ1n) is 12.1. The minimum absolute atomic E-state index is 0.0595. The number of nitrogens with zero attached hydrogens (tertiary/aromatic N) is 3. The molecule has 7 nitrogen and oxygen atoms in total. The number of aromatic nitrogens is 2. The fourth-order valence-corrected chi connectivity index (χ4v) is 4.38. The van der Waals surface area contributed by atoms with E-state index in [0.29, 0.717) is 53.9 Å². The minimum atomic E-state index is -0.739. The molecule has 188 valence electrons. The van der Waals surface area contributed by atoms with Crippen LogP contribution in [0.25, 0.3) is 5.76 Å². The molecule has 0 aliphatic carbocycles. The number of hydrogen-bond acceptors (Lipinski definition) is 5. The molecule has 1 aliphatic heterocycles. The number of Topliss-reactive ketones (excluding diaryl/α,β-unsaturated/α-hetero) is 1. The Kier molecular flexibility index (Phi) is 8.10. The Morgan fingerprint density at radius 3 is 2.61 bits per heavy atom. The first-order valence-corrected chi connectivity index (χ1v) is 12.5.